The molecule has 0 unspecified atom stereocenters. The van der Waals surface area contributed by atoms with Gasteiger partial charge in [-0.2, -0.15) is 0 Å². The van der Waals surface area contributed by atoms with Gasteiger partial charge in [0.1, 0.15) is 5.78 Å². The number of carbonyl (C=O) groups is 1. The quantitative estimate of drug-likeness (QED) is 0.772. The molecular weight excluding hydrogens is 230 g/mol. The third kappa shape index (κ3) is 4.25. The predicted molar refractivity (Wildman–Crippen MR) is 74.3 cm³/mol. The second-order valence-electron chi connectivity index (χ2n) is 5.52. The molecular formula is C14H23NOS. The Balaban J connectivity index is 2.70. The van der Waals surface area contributed by atoms with Crippen LogP contribution in [0.4, 0.5) is 0 Å². The van der Waals surface area contributed by atoms with Gasteiger partial charge in [-0.15, -0.1) is 11.3 Å². The minimum atomic E-state index is -0.262. The van der Waals surface area contributed by atoms with Crippen LogP contribution in [-0.4, -0.2) is 23.3 Å². The van der Waals surface area contributed by atoms with E-state index in [-0.39, 0.29) is 11.2 Å². The highest BCUT2D eigenvalue weighted by Crippen LogP contribution is 2.22. The average molecular weight is 253 g/mol. The highest BCUT2D eigenvalue weighted by atomic mass is 32.1. The van der Waals surface area contributed by atoms with E-state index in [0.29, 0.717) is 6.04 Å². The molecule has 0 aliphatic carbocycles. The predicted octanol–water partition coefficient (Wildman–Crippen LogP) is 3.57. The van der Waals surface area contributed by atoms with Gasteiger partial charge in [-0.25, -0.2) is 0 Å². The van der Waals surface area contributed by atoms with E-state index < -0.39 is 0 Å². The molecule has 1 heterocycles. The summed E-state index contributed by atoms with van der Waals surface area (Å²) < 4.78 is 0. The van der Waals surface area contributed by atoms with Gasteiger partial charge < -0.3 is 0 Å². The Bertz CT molecular complexity index is 354. The zero-order valence-corrected chi connectivity index (χ0v) is 12.3. The minimum absolute atomic E-state index is 0.259. The maximum absolute atomic E-state index is 11.6. The van der Waals surface area contributed by atoms with Crippen LogP contribution in [0.5, 0.6) is 0 Å². The molecule has 0 aliphatic rings. The standard InChI is InChI=1S/C14H23NOS/c1-11(2)15(9-13-7-6-8-17-13)10-14(4,5)12(3)16/h6-8,11H,9-10H2,1-5H3. The van der Waals surface area contributed by atoms with E-state index in [1.165, 1.54) is 4.88 Å². The summed E-state index contributed by atoms with van der Waals surface area (Å²) in [7, 11) is 0. The second-order valence-corrected chi connectivity index (χ2v) is 6.55. The van der Waals surface area contributed by atoms with E-state index >= 15 is 0 Å². The van der Waals surface area contributed by atoms with Crippen LogP contribution in [0.3, 0.4) is 0 Å². The van der Waals surface area contributed by atoms with Gasteiger partial charge in [-0.1, -0.05) is 19.9 Å². The Morgan fingerprint density at radius 2 is 2.12 bits per heavy atom. The Morgan fingerprint density at radius 3 is 2.53 bits per heavy atom. The smallest absolute Gasteiger partial charge is 0.136 e. The van der Waals surface area contributed by atoms with E-state index in [1.54, 1.807) is 18.3 Å². The van der Waals surface area contributed by atoms with Crippen molar-refractivity contribution < 1.29 is 4.79 Å². The first kappa shape index (κ1) is 14.4. The molecule has 1 rings (SSSR count). The Hall–Kier alpha value is -0.670. The molecule has 0 saturated heterocycles. The largest absolute Gasteiger partial charge is 0.299 e. The summed E-state index contributed by atoms with van der Waals surface area (Å²) in [5, 5.41) is 2.10. The monoisotopic (exact) mass is 253 g/mol. The van der Waals surface area contributed by atoms with E-state index in [4.69, 9.17) is 0 Å². The normalized spacial score (nSPS) is 12.4. The maximum Gasteiger partial charge on any atom is 0.136 e. The molecule has 1 aromatic heterocycles. The number of thiophene rings is 1. The second kappa shape index (κ2) is 5.78. The van der Waals surface area contributed by atoms with E-state index in [0.717, 1.165) is 13.1 Å². The number of rotatable bonds is 6. The molecule has 2 nitrogen and oxygen atoms in total. The van der Waals surface area contributed by atoms with Crippen molar-refractivity contribution in [3.8, 4) is 0 Å². The van der Waals surface area contributed by atoms with Gasteiger partial charge in [0.2, 0.25) is 0 Å². The topological polar surface area (TPSA) is 20.3 Å². The third-order valence-electron chi connectivity index (χ3n) is 3.22. The number of Topliss-reactive ketones (excluding diaryl/α,β-unsaturated/α-hetero) is 1. The summed E-state index contributed by atoms with van der Waals surface area (Å²) in [6.07, 6.45) is 0. The first-order valence-corrected chi connectivity index (χ1v) is 6.98. The SMILES string of the molecule is CC(=O)C(C)(C)CN(Cc1cccs1)C(C)C. The molecule has 1 aromatic rings. The summed E-state index contributed by atoms with van der Waals surface area (Å²) in [5.41, 5.74) is -0.262. The zero-order valence-electron chi connectivity index (χ0n) is 11.5. The summed E-state index contributed by atoms with van der Waals surface area (Å²) >= 11 is 1.78. The minimum Gasteiger partial charge on any atom is -0.299 e. The molecule has 0 aromatic carbocycles. The van der Waals surface area contributed by atoms with Crippen molar-refractivity contribution in [1.29, 1.82) is 0 Å². The van der Waals surface area contributed by atoms with Gasteiger partial charge in [0.05, 0.1) is 0 Å². The average Bonchev–Trinajstić information content (AvgIpc) is 2.68. The number of ketones is 1. The van der Waals surface area contributed by atoms with Crippen molar-refractivity contribution in [3.05, 3.63) is 22.4 Å². The summed E-state index contributed by atoms with van der Waals surface area (Å²) in [6, 6.07) is 4.69. The Labute approximate surface area is 109 Å². The van der Waals surface area contributed by atoms with E-state index in [9.17, 15) is 4.79 Å². The van der Waals surface area contributed by atoms with Gasteiger partial charge in [0.15, 0.2) is 0 Å². The van der Waals surface area contributed by atoms with Crippen LogP contribution >= 0.6 is 11.3 Å². The highest BCUT2D eigenvalue weighted by Gasteiger charge is 2.27. The van der Waals surface area contributed by atoms with Crippen LogP contribution in [0.15, 0.2) is 17.5 Å². The highest BCUT2D eigenvalue weighted by molar-refractivity contribution is 7.09. The van der Waals surface area contributed by atoms with Gasteiger partial charge in [-0.05, 0) is 32.2 Å². The molecule has 0 N–H and O–H groups in total. The number of hydrogen-bond donors (Lipinski definition) is 0. The molecule has 3 heteroatoms. The molecule has 0 aliphatic heterocycles. The number of nitrogens with zero attached hydrogens (tertiary/aromatic N) is 1. The van der Waals surface area contributed by atoms with Gasteiger partial charge in [-0.3, -0.25) is 9.69 Å². The lowest BCUT2D eigenvalue weighted by atomic mass is 9.88. The third-order valence-corrected chi connectivity index (χ3v) is 4.08. The number of carbonyl (C=O) groups excluding carboxylic acids is 1. The van der Waals surface area contributed by atoms with Crippen molar-refractivity contribution in [2.45, 2.75) is 47.2 Å². The Kier molecular flexibility index (Phi) is 4.90. The van der Waals surface area contributed by atoms with Crippen molar-refractivity contribution in [2.75, 3.05) is 6.54 Å². The van der Waals surface area contributed by atoms with Crippen LogP contribution in [0.1, 0.15) is 39.5 Å². The molecule has 17 heavy (non-hydrogen) atoms. The molecule has 0 fully saturated rings. The van der Waals surface area contributed by atoms with Crippen LogP contribution in [0.2, 0.25) is 0 Å². The summed E-state index contributed by atoms with van der Waals surface area (Å²) in [4.78, 5) is 15.3. The fourth-order valence-corrected chi connectivity index (χ4v) is 2.37. The van der Waals surface area contributed by atoms with Crippen LogP contribution in [0.25, 0.3) is 0 Å². The van der Waals surface area contributed by atoms with Gasteiger partial charge in [0.25, 0.3) is 0 Å². The first-order chi connectivity index (χ1) is 7.83. The van der Waals surface area contributed by atoms with Gasteiger partial charge >= 0.3 is 0 Å². The molecule has 0 spiro atoms. The molecule has 0 amide bonds. The molecule has 0 atom stereocenters. The summed E-state index contributed by atoms with van der Waals surface area (Å²) in [6.45, 7) is 11.9. The van der Waals surface area contributed by atoms with Crippen LogP contribution in [0, 0.1) is 5.41 Å². The van der Waals surface area contributed by atoms with E-state index in [2.05, 4.69) is 36.3 Å². The maximum atomic E-state index is 11.6. The lowest BCUT2D eigenvalue weighted by Gasteiger charge is -2.33. The van der Waals surface area contributed by atoms with Crippen molar-refractivity contribution in [3.63, 3.8) is 0 Å². The summed E-state index contributed by atoms with van der Waals surface area (Å²) in [5.74, 6) is 0.259. The Morgan fingerprint density at radius 1 is 1.47 bits per heavy atom. The van der Waals surface area contributed by atoms with Crippen molar-refractivity contribution in [2.24, 2.45) is 5.41 Å². The first-order valence-electron chi connectivity index (χ1n) is 6.10. The van der Waals surface area contributed by atoms with Crippen molar-refractivity contribution >= 4 is 17.1 Å². The zero-order chi connectivity index (χ0) is 13.1. The fraction of sp³-hybridized carbons (Fsp3) is 0.643. The molecule has 96 valence electrons. The van der Waals surface area contributed by atoms with Crippen LogP contribution < -0.4 is 0 Å². The molecule has 0 radical (unpaired) electrons. The van der Waals surface area contributed by atoms with Gasteiger partial charge in [0, 0.05) is 29.4 Å². The lowest BCUT2D eigenvalue weighted by Crippen LogP contribution is -2.41. The fourth-order valence-electron chi connectivity index (χ4n) is 1.64. The number of hydrogen-bond acceptors (Lipinski definition) is 3. The van der Waals surface area contributed by atoms with Crippen molar-refractivity contribution in [1.82, 2.24) is 4.90 Å². The lowest BCUT2D eigenvalue weighted by molar-refractivity contribution is -0.126. The molecule has 0 saturated carbocycles. The van der Waals surface area contributed by atoms with E-state index in [1.807, 2.05) is 13.8 Å². The van der Waals surface area contributed by atoms with Crippen LogP contribution in [-0.2, 0) is 11.3 Å². The molecule has 0 bridgehead atoms.